The van der Waals surface area contributed by atoms with E-state index in [1.807, 2.05) is 0 Å². The first-order valence-corrected chi connectivity index (χ1v) is 6.45. The highest BCUT2D eigenvalue weighted by atomic mass is 15.0. The fourth-order valence-corrected chi connectivity index (χ4v) is 2.42. The van der Waals surface area contributed by atoms with Crippen LogP contribution in [0, 0.1) is 16.7 Å². The van der Waals surface area contributed by atoms with Crippen LogP contribution >= 0.6 is 0 Å². The standard InChI is InChI=1S/C14H20N4/c1-14(2)5-3-6-16-12(14)10-18-13-8-11(9-15)4-7-17-13/h4,7-8,12,16H,3,5-6,10H2,1-2H3,(H,17,18). The molecule has 0 saturated carbocycles. The Labute approximate surface area is 108 Å². The van der Waals surface area contributed by atoms with Gasteiger partial charge in [0.1, 0.15) is 5.82 Å². The second kappa shape index (κ2) is 5.36. The van der Waals surface area contributed by atoms with Gasteiger partial charge in [-0.3, -0.25) is 0 Å². The van der Waals surface area contributed by atoms with Gasteiger partial charge in [0.15, 0.2) is 0 Å². The monoisotopic (exact) mass is 244 g/mol. The van der Waals surface area contributed by atoms with E-state index in [1.165, 1.54) is 12.8 Å². The molecule has 0 radical (unpaired) electrons. The number of nitriles is 1. The third-order valence-electron chi connectivity index (χ3n) is 3.71. The number of rotatable bonds is 3. The van der Waals surface area contributed by atoms with Crippen molar-refractivity contribution >= 4 is 5.82 Å². The minimum atomic E-state index is 0.304. The first-order chi connectivity index (χ1) is 8.62. The third kappa shape index (κ3) is 2.99. The Balaban J connectivity index is 1.96. The number of hydrogen-bond acceptors (Lipinski definition) is 4. The van der Waals surface area contributed by atoms with E-state index < -0.39 is 0 Å². The molecule has 96 valence electrons. The normalized spacial score (nSPS) is 22.2. The lowest BCUT2D eigenvalue weighted by atomic mass is 9.77. The van der Waals surface area contributed by atoms with Gasteiger partial charge in [-0.1, -0.05) is 13.8 Å². The number of nitrogens with zero attached hydrogens (tertiary/aromatic N) is 2. The molecule has 1 fully saturated rings. The number of pyridine rings is 1. The summed E-state index contributed by atoms with van der Waals surface area (Å²) in [5.41, 5.74) is 0.946. The van der Waals surface area contributed by atoms with Crippen molar-refractivity contribution in [1.82, 2.24) is 10.3 Å². The van der Waals surface area contributed by atoms with E-state index in [-0.39, 0.29) is 0 Å². The highest BCUT2D eigenvalue weighted by Crippen LogP contribution is 2.30. The molecule has 0 aliphatic carbocycles. The molecular weight excluding hydrogens is 224 g/mol. The van der Waals surface area contributed by atoms with Crippen molar-refractivity contribution < 1.29 is 0 Å². The molecule has 1 atom stereocenters. The summed E-state index contributed by atoms with van der Waals surface area (Å²) in [6.07, 6.45) is 4.16. The lowest BCUT2D eigenvalue weighted by Gasteiger charge is -2.39. The first kappa shape index (κ1) is 12.8. The van der Waals surface area contributed by atoms with Crippen molar-refractivity contribution in [1.29, 1.82) is 5.26 Å². The van der Waals surface area contributed by atoms with Crippen LogP contribution in [0.25, 0.3) is 0 Å². The van der Waals surface area contributed by atoms with Crippen LogP contribution in [-0.4, -0.2) is 24.1 Å². The van der Waals surface area contributed by atoms with Gasteiger partial charge in [-0.2, -0.15) is 5.26 Å². The number of hydrogen-bond donors (Lipinski definition) is 2. The maximum Gasteiger partial charge on any atom is 0.127 e. The first-order valence-electron chi connectivity index (χ1n) is 6.45. The molecule has 0 aromatic carbocycles. The molecule has 2 heterocycles. The number of aromatic nitrogens is 1. The average molecular weight is 244 g/mol. The average Bonchev–Trinajstić information content (AvgIpc) is 2.37. The fraction of sp³-hybridized carbons (Fsp3) is 0.571. The molecule has 2 N–H and O–H groups in total. The van der Waals surface area contributed by atoms with Crippen molar-refractivity contribution in [3.8, 4) is 6.07 Å². The second-order valence-corrected chi connectivity index (χ2v) is 5.52. The molecule has 1 aliphatic rings. The molecule has 0 spiro atoms. The molecule has 1 unspecified atom stereocenters. The van der Waals surface area contributed by atoms with Crippen LogP contribution in [0.4, 0.5) is 5.82 Å². The summed E-state index contributed by atoms with van der Waals surface area (Å²) in [5.74, 6) is 0.775. The van der Waals surface area contributed by atoms with E-state index in [1.54, 1.807) is 18.3 Å². The van der Waals surface area contributed by atoms with Crippen molar-refractivity contribution in [3.63, 3.8) is 0 Å². The predicted molar refractivity (Wildman–Crippen MR) is 72.2 cm³/mol. The van der Waals surface area contributed by atoms with Gasteiger partial charge in [0.2, 0.25) is 0 Å². The smallest absolute Gasteiger partial charge is 0.127 e. The Morgan fingerprint density at radius 2 is 2.44 bits per heavy atom. The molecule has 18 heavy (non-hydrogen) atoms. The molecule has 0 amide bonds. The molecule has 1 aromatic rings. The molecule has 1 saturated heterocycles. The quantitative estimate of drug-likeness (QED) is 0.855. The maximum absolute atomic E-state index is 8.84. The Kier molecular flexibility index (Phi) is 3.83. The molecule has 4 nitrogen and oxygen atoms in total. The van der Waals surface area contributed by atoms with Gasteiger partial charge in [0.05, 0.1) is 11.6 Å². The molecule has 0 bridgehead atoms. The SMILES string of the molecule is CC1(C)CCCNC1CNc1cc(C#N)ccn1. The topological polar surface area (TPSA) is 60.7 Å². The second-order valence-electron chi connectivity index (χ2n) is 5.52. The zero-order valence-corrected chi connectivity index (χ0v) is 11.0. The van der Waals surface area contributed by atoms with Crippen LogP contribution in [0.1, 0.15) is 32.3 Å². The predicted octanol–water partition coefficient (Wildman–Crippen LogP) is 2.14. The van der Waals surface area contributed by atoms with Crippen molar-refractivity contribution in [2.75, 3.05) is 18.4 Å². The Morgan fingerprint density at radius 1 is 1.61 bits per heavy atom. The van der Waals surface area contributed by atoms with Crippen LogP contribution in [0.5, 0.6) is 0 Å². The van der Waals surface area contributed by atoms with E-state index in [4.69, 9.17) is 5.26 Å². The van der Waals surface area contributed by atoms with Crippen LogP contribution in [0.15, 0.2) is 18.3 Å². The molecule has 4 heteroatoms. The fourth-order valence-electron chi connectivity index (χ4n) is 2.42. The van der Waals surface area contributed by atoms with Gasteiger partial charge in [-0.15, -0.1) is 0 Å². The van der Waals surface area contributed by atoms with Crippen LogP contribution in [-0.2, 0) is 0 Å². The summed E-state index contributed by atoms with van der Waals surface area (Å²) >= 11 is 0. The summed E-state index contributed by atoms with van der Waals surface area (Å²) in [7, 11) is 0. The van der Waals surface area contributed by atoms with Crippen LogP contribution in [0.2, 0.25) is 0 Å². The lowest BCUT2D eigenvalue weighted by molar-refractivity contribution is 0.188. The van der Waals surface area contributed by atoms with E-state index >= 15 is 0 Å². The lowest BCUT2D eigenvalue weighted by Crippen LogP contribution is -2.50. The molecule has 1 aromatic heterocycles. The van der Waals surface area contributed by atoms with Gasteiger partial charge in [-0.25, -0.2) is 4.98 Å². The van der Waals surface area contributed by atoms with Crippen LogP contribution in [0.3, 0.4) is 0 Å². The Morgan fingerprint density at radius 3 is 3.17 bits per heavy atom. The van der Waals surface area contributed by atoms with E-state index in [9.17, 15) is 0 Å². The number of anilines is 1. The third-order valence-corrected chi connectivity index (χ3v) is 3.71. The van der Waals surface area contributed by atoms with Gasteiger partial charge in [-0.05, 0) is 36.9 Å². The summed E-state index contributed by atoms with van der Waals surface area (Å²) in [6, 6.07) is 6.07. The maximum atomic E-state index is 8.84. The van der Waals surface area contributed by atoms with E-state index in [0.29, 0.717) is 17.0 Å². The summed E-state index contributed by atoms with van der Waals surface area (Å²) in [6.45, 7) is 6.52. The Bertz CT molecular complexity index is 447. The van der Waals surface area contributed by atoms with E-state index in [0.717, 1.165) is 18.9 Å². The van der Waals surface area contributed by atoms with Gasteiger partial charge in [0.25, 0.3) is 0 Å². The summed E-state index contributed by atoms with van der Waals surface area (Å²) < 4.78 is 0. The Hall–Kier alpha value is -1.60. The van der Waals surface area contributed by atoms with Crippen molar-refractivity contribution in [3.05, 3.63) is 23.9 Å². The summed E-state index contributed by atoms with van der Waals surface area (Å²) in [4.78, 5) is 4.23. The van der Waals surface area contributed by atoms with E-state index in [2.05, 4.69) is 35.5 Å². The number of piperidine rings is 1. The highest BCUT2D eigenvalue weighted by Gasteiger charge is 2.31. The molecule has 1 aliphatic heterocycles. The van der Waals surface area contributed by atoms with Crippen molar-refractivity contribution in [2.45, 2.75) is 32.7 Å². The van der Waals surface area contributed by atoms with Gasteiger partial charge >= 0.3 is 0 Å². The highest BCUT2D eigenvalue weighted by molar-refractivity contribution is 5.42. The largest absolute Gasteiger partial charge is 0.368 e. The zero-order valence-electron chi connectivity index (χ0n) is 11.0. The van der Waals surface area contributed by atoms with Crippen molar-refractivity contribution in [2.24, 2.45) is 5.41 Å². The number of nitrogens with one attached hydrogen (secondary N) is 2. The van der Waals surface area contributed by atoms with Gasteiger partial charge < -0.3 is 10.6 Å². The summed E-state index contributed by atoms with van der Waals surface area (Å²) in [5, 5.41) is 15.7. The van der Waals surface area contributed by atoms with Crippen LogP contribution < -0.4 is 10.6 Å². The minimum absolute atomic E-state index is 0.304. The minimum Gasteiger partial charge on any atom is -0.368 e. The van der Waals surface area contributed by atoms with Gasteiger partial charge in [0, 0.05) is 18.8 Å². The molecular formula is C14H20N4. The molecule has 2 rings (SSSR count). The zero-order chi connectivity index (χ0) is 13.0.